The Morgan fingerprint density at radius 2 is 2.10 bits per heavy atom. The van der Waals surface area contributed by atoms with Gasteiger partial charge in [0.15, 0.2) is 0 Å². The molecule has 1 N–H and O–H groups in total. The van der Waals surface area contributed by atoms with E-state index in [9.17, 15) is 4.79 Å². The first-order chi connectivity index (χ1) is 14.2. The van der Waals surface area contributed by atoms with Gasteiger partial charge in [-0.1, -0.05) is 12.1 Å². The Hall–Kier alpha value is -3.26. The summed E-state index contributed by atoms with van der Waals surface area (Å²) in [7, 11) is 1.72. The maximum atomic E-state index is 12.6. The van der Waals surface area contributed by atoms with Crippen molar-refractivity contribution in [2.45, 2.75) is 25.1 Å². The van der Waals surface area contributed by atoms with E-state index in [-0.39, 0.29) is 18.1 Å². The van der Waals surface area contributed by atoms with Gasteiger partial charge in [-0.25, -0.2) is 9.97 Å². The molecule has 1 aliphatic heterocycles. The Balaban J connectivity index is 1.36. The number of hydrogen-bond acceptors (Lipinski definition) is 6. The Morgan fingerprint density at radius 3 is 2.79 bits per heavy atom. The summed E-state index contributed by atoms with van der Waals surface area (Å²) in [5.41, 5.74) is 1.74. The molecule has 1 saturated heterocycles. The molecular weight excluding hydrogens is 368 g/mol. The van der Waals surface area contributed by atoms with Gasteiger partial charge >= 0.3 is 0 Å². The third-order valence-corrected chi connectivity index (χ3v) is 5.19. The molecule has 150 valence electrons. The molecular formula is C21H24N6O2. The number of aromatic nitrogens is 4. The molecule has 0 unspecified atom stereocenters. The summed E-state index contributed by atoms with van der Waals surface area (Å²) in [6.45, 7) is 1.96. The number of hydrogen-bond donors (Lipinski definition) is 1. The van der Waals surface area contributed by atoms with Crippen molar-refractivity contribution in [3.63, 3.8) is 0 Å². The molecule has 2 aromatic heterocycles. The fraction of sp³-hybridized carbons (Fsp3) is 0.333. The van der Waals surface area contributed by atoms with Crippen molar-refractivity contribution in [2.24, 2.45) is 0 Å². The first-order valence-electron chi connectivity index (χ1n) is 9.63. The molecule has 1 amide bonds. The molecule has 1 aliphatic rings. The van der Waals surface area contributed by atoms with Crippen molar-refractivity contribution >= 4 is 11.7 Å². The molecule has 4 rings (SSSR count). The molecule has 3 heterocycles. The maximum absolute atomic E-state index is 12.6. The number of amides is 1. The molecule has 1 fully saturated rings. The van der Waals surface area contributed by atoms with Gasteiger partial charge < -0.3 is 15.0 Å². The molecule has 3 aromatic rings. The summed E-state index contributed by atoms with van der Waals surface area (Å²) in [5, 5.41) is 7.25. The van der Waals surface area contributed by atoms with Gasteiger partial charge in [-0.3, -0.25) is 9.48 Å². The normalized spacial score (nSPS) is 18.7. The summed E-state index contributed by atoms with van der Waals surface area (Å²) in [6, 6.07) is 11.5. The molecule has 0 saturated carbocycles. The predicted molar refractivity (Wildman–Crippen MR) is 109 cm³/mol. The highest BCUT2D eigenvalue weighted by molar-refractivity contribution is 5.94. The molecule has 29 heavy (non-hydrogen) atoms. The topological polar surface area (TPSA) is 85.2 Å². The summed E-state index contributed by atoms with van der Waals surface area (Å²) in [5.74, 6) is 0.765. The zero-order chi connectivity index (χ0) is 20.1. The summed E-state index contributed by atoms with van der Waals surface area (Å²) in [4.78, 5) is 23.1. The lowest BCUT2D eigenvalue weighted by Crippen LogP contribution is -2.40. The van der Waals surface area contributed by atoms with Crippen LogP contribution in [0.15, 0.2) is 61.3 Å². The van der Waals surface area contributed by atoms with Crippen molar-refractivity contribution in [1.82, 2.24) is 25.1 Å². The first kappa shape index (κ1) is 19.1. The predicted octanol–water partition coefficient (Wildman–Crippen LogP) is 1.75. The number of nitrogens with zero attached hydrogens (tertiary/aromatic N) is 5. The van der Waals surface area contributed by atoms with E-state index in [1.807, 2.05) is 47.3 Å². The van der Waals surface area contributed by atoms with Crippen molar-refractivity contribution in [3.8, 4) is 0 Å². The second-order valence-electron chi connectivity index (χ2n) is 7.08. The lowest BCUT2D eigenvalue weighted by atomic mass is 10.1. The number of carbonyl (C=O) groups excluding carboxylic acids is 1. The van der Waals surface area contributed by atoms with E-state index in [0.29, 0.717) is 18.7 Å². The number of nitrogens with one attached hydrogen (secondary N) is 1. The quantitative estimate of drug-likeness (QED) is 0.659. The molecule has 0 aliphatic carbocycles. The van der Waals surface area contributed by atoms with E-state index in [4.69, 9.17) is 4.74 Å². The molecule has 1 aromatic carbocycles. The van der Waals surface area contributed by atoms with Crippen LogP contribution in [0.3, 0.4) is 0 Å². The molecule has 0 radical (unpaired) electrons. The zero-order valence-corrected chi connectivity index (χ0v) is 16.3. The van der Waals surface area contributed by atoms with Gasteiger partial charge in [-0.05, 0) is 36.2 Å². The van der Waals surface area contributed by atoms with Crippen LogP contribution in [0.25, 0.3) is 0 Å². The van der Waals surface area contributed by atoms with Gasteiger partial charge in [-0.15, -0.1) is 0 Å². The zero-order valence-electron chi connectivity index (χ0n) is 16.3. The second kappa shape index (κ2) is 8.83. The Kier molecular flexibility index (Phi) is 5.81. The minimum absolute atomic E-state index is 0.0841. The molecule has 2 atom stereocenters. The van der Waals surface area contributed by atoms with Gasteiger partial charge in [0.25, 0.3) is 5.91 Å². The lowest BCUT2D eigenvalue weighted by molar-refractivity contribution is 0.0946. The summed E-state index contributed by atoms with van der Waals surface area (Å²) >= 11 is 0. The first-order valence-corrected chi connectivity index (χ1v) is 9.63. The number of anilines is 1. The minimum Gasteiger partial charge on any atom is -0.380 e. The monoisotopic (exact) mass is 392 g/mol. The van der Waals surface area contributed by atoms with E-state index in [2.05, 4.69) is 25.3 Å². The van der Waals surface area contributed by atoms with Crippen molar-refractivity contribution in [2.75, 3.05) is 25.1 Å². The smallest absolute Gasteiger partial charge is 0.251 e. The van der Waals surface area contributed by atoms with Crippen LogP contribution in [-0.4, -0.2) is 58.0 Å². The van der Waals surface area contributed by atoms with E-state index in [1.165, 1.54) is 6.33 Å². The number of carbonyl (C=O) groups is 1. The van der Waals surface area contributed by atoms with Crippen LogP contribution in [0.5, 0.6) is 0 Å². The van der Waals surface area contributed by atoms with Crippen molar-refractivity contribution < 1.29 is 9.53 Å². The fourth-order valence-corrected chi connectivity index (χ4v) is 3.63. The number of benzene rings is 1. The van der Waals surface area contributed by atoms with Crippen LogP contribution in [0, 0.1) is 0 Å². The van der Waals surface area contributed by atoms with Crippen LogP contribution in [-0.2, 0) is 11.3 Å². The van der Waals surface area contributed by atoms with Crippen LogP contribution >= 0.6 is 0 Å². The number of ether oxygens (including phenoxy) is 1. The van der Waals surface area contributed by atoms with Crippen molar-refractivity contribution in [3.05, 3.63) is 72.4 Å². The Bertz CT molecular complexity index is 914. The average Bonchev–Trinajstić information content (AvgIpc) is 3.43. The largest absolute Gasteiger partial charge is 0.380 e. The number of rotatable bonds is 7. The van der Waals surface area contributed by atoms with E-state index >= 15 is 0 Å². The van der Waals surface area contributed by atoms with Gasteiger partial charge in [0, 0.05) is 44.4 Å². The maximum Gasteiger partial charge on any atom is 0.251 e. The van der Waals surface area contributed by atoms with Gasteiger partial charge in [0.1, 0.15) is 12.1 Å². The van der Waals surface area contributed by atoms with Gasteiger partial charge in [-0.2, -0.15) is 5.10 Å². The fourth-order valence-electron chi connectivity index (χ4n) is 3.63. The molecule has 8 heteroatoms. The van der Waals surface area contributed by atoms with Crippen LogP contribution in [0.4, 0.5) is 5.82 Å². The second-order valence-corrected chi connectivity index (χ2v) is 7.08. The highest BCUT2D eigenvalue weighted by atomic mass is 16.5. The molecule has 8 nitrogen and oxygen atoms in total. The van der Waals surface area contributed by atoms with Crippen LogP contribution in [0.1, 0.15) is 22.3 Å². The standard InChI is InChI=1S/C21H24N6O2/c1-29-19-11-18(27(14-19)20-7-9-22-15-24-20)12-23-21(28)17-5-3-16(4-6-17)13-26-10-2-8-25-26/h2-10,15,18-19H,11-14H2,1H3,(H,23,28)/t18-,19-/m0/s1. The SMILES string of the molecule is CO[C@H]1C[C@@H](CNC(=O)c2ccc(Cn3cccn3)cc2)N(c2ccncn2)C1. The molecule has 0 bridgehead atoms. The van der Waals surface area contributed by atoms with Gasteiger partial charge in [0.2, 0.25) is 0 Å². The van der Waals surface area contributed by atoms with E-state index in [0.717, 1.165) is 24.3 Å². The van der Waals surface area contributed by atoms with E-state index < -0.39 is 0 Å². The third kappa shape index (κ3) is 4.60. The highest BCUT2D eigenvalue weighted by Crippen LogP contribution is 2.24. The average molecular weight is 392 g/mol. The molecule has 0 spiro atoms. The van der Waals surface area contributed by atoms with Crippen LogP contribution in [0.2, 0.25) is 0 Å². The minimum atomic E-state index is -0.0841. The number of methoxy groups -OCH3 is 1. The Labute approximate surface area is 169 Å². The lowest BCUT2D eigenvalue weighted by Gasteiger charge is -2.25. The highest BCUT2D eigenvalue weighted by Gasteiger charge is 2.33. The third-order valence-electron chi connectivity index (χ3n) is 5.19. The summed E-state index contributed by atoms with van der Waals surface area (Å²) in [6.07, 6.45) is 7.89. The van der Waals surface area contributed by atoms with Crippen LogP contribution < -0.4 is 10.2 Å². The summed E-state index contributed by atoms with van der Waals surface area (Å²) < 4.78 is 7.39. The van der Waals surface area contributed by atoms with E-state index in [1.54, 1.807) is 19.5 Å². The van der Waals surface area contributed by atoms with Crippen molar-refractivity contribution in [1.29, 1.82) is 0 Å². The van der Waals surface area contributed by atoms with Gasteiger partial charge in [0.05, 0.1) is 18.7 Å². The Morgan fingerprint density at radius 1 is 1.24 bits per heavy atom.